The molecule has 0 fully saturated rings. The van der Waals surface area contributed by atoms with E-state index in [-0.39, 0.29) is 5.56 Å². The minimum absolute atomic E-state index is 0.0839. The van der Waals surface area contributed by atoms with Crippen molar-refractivity contribution in [2.45, 2.75) is 26.4 Å². The number of hydrogen-bond donors (Lipinski definition) is 0. The Bertz CT molecular complexity index is 492. The summed E-state index contributed by atoms with van der Waals surface area (Å²) in [7, 11) is 1.66. The van der Waals surface area contributed by atoms with Crippen molar-refractivity contribution in [2.75, 3.05) is 0 Å². The van der Waals surface area contributed by atoms with Crippen LogP contribution in [0.25, 0.3) is 6.08 Å². The molecule has 1 rings (SSSR count). The molecule has 0 atom stereocenters. The fourth-order valence-corrected chi connectivity index (χ4v) is 1.21. The Labute approximate surface area is 101 Å². The molecule has 0 N–H and O–H groups in total. The Morgan fingerprint density at radius 2 is 2.00 bits per heavy atom. The Morgan fingerprint density at radius 3 is 2.53 bits per heavy atom. The van der Waals surface area contributed by atoms with Crippen LogP contribution in [0, 0.1) is 0 Å². The van der Waals surface area contributed by atoms with E-state index in [0.29, 0.717) is 0 Å². The number of nitrogens with zero attached hydrogens (tertiary/aromatic N) is 1. The fourth-order valence-electron chi connectivity index (χ4n) is 1.21. The first-order chi connectivity index (χ1) is 7.78. The molecule has 0 amide bonds. The van der Waals surface area contributed by atoms with E-state index < -0.39 is 11.6 Å². The third-order valence-corrected chi connectivity index (χ3v) is 1.93. The molecule has 0 saturated carbocycles. The first-order valence-electron chi connectivity index (χ1n) is 5.36. The fraction of sp³-hybridized carbons (Fsp3) is 0.385. The maximum Gasteiger partial charge on any atom is 0.331 e. The van der Waals surface area contributed by atoms with Crippen molar-refractivity contribution < 1.29 is 9.53 Å². The van der Waals surface area contributed by atoms with Crippen molar-refractivity contribution in [3.8, 4) is 0 Å². The Kier molecular flexibility index (Phi) is 3.89. The van der Waals surface area contributed by atoms with Gasteiger partial charge in [0.15, 0.2) is 0 Å². The Balaban J connectivity index is 2.74. The van der Waals surface area contributed by atoms with Gasteiger partial charge in [-0.2, -0.15) is 0 Å². The van der Waals surface area contributed by atoms with Crippen molar-refractivity contribution >= 4 is 12.0 Å². The Morgan fingerprint density at radius 1 is 1.35 bits per heavy atom. The molecule has 0 spiro atoms. The topological polar surface area (TPSA) is 48.3 Å². The number of ether oxygens (including phenoxy) is 1. The molecule has 17 heavy (non-hydrogen) atoms. The molecule has 4 nitrogen and oxygen atoms in total. The number of aryl methyl sites for hydroxylation is 1. The van der Waals surface area contributed by atoms with Gasteiger partial charge in [-0.3, -0.25) is 4.79 Å². The average Bonchev–Trinajstić information content (AvgIpc) is 2.17. The molecular formula is C13H17NO3. The summed E-state index contributed by atoms with van der Waals surface area (Å²) >= 11 is 0. The van der Waals surface area contributed by atoms with Crippen molar-refractivity contribution in [3.63, 3.8) is 0 Å². The first kappa shape index (κ1) is 13.2. The second kappa shape index (κ2) is 4.99. The van der Waals surface area contributed by atoms with Crippen molar-refractivity contribution in [1.29, 1.82) is 0 Å². The summed E-state index contributed by atoms with van der Waals surface area (Å²) in [5.74, 6) is -0.397. The number of esters is 1. The van der Waals surface area contributed by atoms with Gasteiger partial charge in [0.25, 0.3) is 0 Å². The van der Waals surface area contributed by atoms with E-state index >= 15 is 0 Å². The number of carbonyl (C=O) groups is 1. The summed E-state index contributed by atoms with van der Waals surface area (Å²) in [5, 5.41) is 0. The molecule has 0 unspecified atom stereocenters. The van der Waals surface area contributed by atoms with Crippen molar-refractivity contribution in [1.82, 2.24) is 4.57 Å². The largest absolute Gasteiger partial charge is 0.457 e. The van der Waals surface area contributed by atoms with Gasteiger partial charge >= 0.3 is 5.97 Å². The minimum Gasteiger partial charge on any atom is -0.457 e. The summed E-state index contributed by atoms with van der Waals surface area (Å²) in [6.45, 7) is 5.43. The predicted molar refractivity (Wildman–Crippen MR) is 66.6 cm³/mol. The summed E-state index contributed by atoms with van der Waals surface area (Å²) in [6.07, 6.45) is 4.63. The standard InChI is InChI=1S/C13H17NO3/c1-13(2,3)17-12(16)8-6-10-5-7-11(15)14(4)9-10/h5-9H,1-4H3/b8-6+. The van der Waals surface area contributed by atoms with Gasteiger partial charge in [0.1, 0.15) is 5.60 Å². The van der Waals surface area contributed by atoms with Crippen LogP contribution in [-0.2, 0) is 16.6 Å². The summed E-state index contributed by atoms with van der Waals surface area (Å²) in [4.78, 5) is 22.6. The maximum atomic E-state index is 11.4. The van der Waals surface area contributed by atoms with Gasteiger partial charge in [0.2, 0.25) is 5.56 Å². The van der Waals surface area contributed by atoms with Crippen LogP contribution in [0.4, 0.5) is 0 Å². The molecule has 1 heterocycles. The normalized spacial score (nSPS) is 11.8. The highest BCUT2D eigenvalue weighted by Gasteiger charge is 2.13. The van der Waals surface area contributed by atoms with E-state index in [0.717, 1.165) is 5.56 Å². The van der Waals surface area contributed by atoms with E-state index in [9.17, 15) is 9.59 Å². The highest BCUT2D eigenvalue weighted by molar-refractivity contribution is 5.87. The van der Waals surface area contributed by atoms with Crippen molar-refractivity contribution in [2.24, 2.45) is 7.05 Å². The summed E-state index contributed by atoms with van der Waals surface area (Å²) in [5.41, 5.74) is 0.197. The van der Waals surface area contributed by atoms with Crippen molar-refractivity contribution in [3.05, 3.63) is 40.3 Å². The predicted octanol–water partition coefficient (Wildman–Crippen LogP) is 1.74. The molecule has 92 valence electrons. The monoisotopic (exact) mass is 235 g/mol. The highest BCUT2D eigenvalue weighted by atomic mass is 16.6. The Hall–Kier alpha value is -1.84. The molecule has 0 bridgehead atoms. The van der Waals surface area contributed by atoms with Gasteiger partial charge in [-0.05, 0) is 38.5 Å². The summed E-state index contributed by atoms with van der Waals surface area (Å²) < 4.78 is 6.57. The van der Waals surface area contributed by atoms with E-state index in [1.54, 1.807) is 25.4 Å². The number of hydrogen-bond acceptors (Lipinski definition) is 3. The third kappa shape index (κ3) is 4.68. The zero-order valence-corrected chi connectivity index (χ0v) is 10.6. The minimum atomic E-state index is -0.495. The van der Waals surface area contributed by atoms with E-state index in [2.05, 4.69) is 0 Å². The van der Waals surface area contributed by atoms with Crippen LogP contribution in [0.15, 0.2) is 29.2 Å². The maximum absolute atomic E-state index is 11.4. The van der Waals surface area contributed by atoms with E-state index in [1.165, 1.54) is 16.7 Å². The molecule has 4 heteroatoms. The SMILES string of the molecule is Cn1cc(/C=C/C(=O)OC(C)(C)C)ccc1=O. The molecule has 0 aliphatic heterocycles. The zero-order chi connectivity index (χ0) is 13.1. The number of rotatable bonds is 2. The van der Waals surface area contributed by atoms with Crippen LogP contribution in [0.2, 0.25) is 0 Å². The molecule has 0 saturated heterocycles. The first-order valence-corrected chi connectivity index (χ1v) is 5.36. The van der Waals surface area contributed by atoms with Crippen LogP contribution in [0.1, 0.15) is 26.3 Å². The van der Waals surface area contributed by atoms with E-state index in [4.69, 9.17) is 4.74 Å². The smallest absolute Gasteiger partial charge is 0.331 e. The zero-order valence-electron chi connectivity index (χ0n) is 10.6. The van der Waals surface area contributed by atoms with Crippen LogP contribution < -0.4 is 5.56 Å². The van der Waals surface area contributed by atoms with Gasteiger partial charge in [0, 0.05) is 25.4 Å². The lowest BCUT2D eigenvalue weighted by atomic mass is 10.2. The van der Waals surface area contributed by atoms with Gasteiger partial charge in [0.05, 0.1) is 0 Å². The molecular weight excluding hydrogens is 218 g/mol. The van der Waals surface area contributed by atoms with Gasteiger partial charge in [-0.1, -0.05) is 0 Å². The quantitative estimate of drug-likeness (QED) is 0.579. The molecule has 0 radical (unpaired) electrons. The average molecular weight is 235 g/mol. The lowest BCUT2D eigenvalue weighted by Gasteiger charge is -2.17. The lowest BCUT2D eigenvalue weighted by molar-refractivity contribution is -0.148. The molecule has 0 aliphatic rings. The van der Waals surface area contributed by atoms with E-state index in [1.807, 2.05) is 20.8 Å². The number of carbonyl (C=O) groups excluding carboxylic acids is 1. The lowest BCUT2D eigenvalue weighted by Crippen LogP contribution is -2.22. The number of pyridine rings is 1. The second-order valence-corrected chi connectivity index (χ2v) is 4.78. The highest BCUT2D eigenvalue weighted by Crippen LogP contribution is 2.08. The third-order valence-electron chi connectivity index (χ3n) is 1.93. The number of aromatic nitrogens is 1. The van der Waals surface area contributed by atoms with Gasteiger partial charge in [-0.25, -0.2) is 4.79 Å². The van der Waals surface area contributed by atoms with Gasteiger partial charge < -0.3 is 9.30 Å². The van der Waals surface area contributed by atoms with Crippen LogP contribution in [0.5, 0.6) is 0 Å². The molecule has 1 aromatic rings. The van der Waals surface area contributed by atoms with Gasteiger partial charge in [-0.15, -0.1) is 0 Å². The van der Waals surface area contributed by atoms with Crippen LogP contribution in [-0.4, -0.2) is 16.1 Å². The molecule has 1 aromatic heterocycles. The van der Waals surface area contributed by atoms with Crippen LogP contribution in [0.3, 0.4) is 0 Å². The second-order valence-electron chi connectivity index (χ2n) is 4.78. The molecule has 0 aliphatic carbocycles. The van der Waals surface area contributed by atoms with Crippen LogP contribution >= 0.6 is 0 Å². The molecule has 0 aromatic carbocycles. The summed E-state index contributed by atoms with van der Waals surface area (Å²) in [6, 6.07) is 3.11.